The molecule has 0 spiro atoms. The number of ketones is 1. The highest BCUT2D eigenvalue weighted by molar-refractivity contribution is 5.75. The lowest BCUT2D eigenvalue weighted by atomic mass is 9.77. The lowest BCUT2D eigenvalue weighted by Crippen LogP contribution is -2.60. The third kappa shape index (κ3) is 12.2. The number of ether oxygens (including phenoxy) is 6. The summed E-state index contributed by atoms with van der Waals surface area (Å²) in [5.74, 6) is -2.61. The molecule has 57 heavy (non-hydrogen) atoms. The first-order valence-electron chi connectivity index (χ1n) is 21.1. The molecule has 3 aliphatic rings. The molecule has 3 heterocycles. The number of hydrogen-bond donors (Lipinski definition) is 5. The fourth-order valence-electron chi connectivity index (χ4n) is 9.40. The first-order chi connectivity index (χ1) is 26.3. The molecule has 18 atom stereocenters. The molecule has 3 fully saturated rings. The Hall–Kier alpha value is -1.34. The molecular formula is C42H78N2O13. The van der Waals surface area contributed by atoms with Gasteiger partial charge in [0.2, 0.25) is 0 Å². The molecule has 3 saturated heterocycles. The second-order valence-electron chi connectivity index (χ2n) is 18.5. The number of Topliss-reactive ketones (excluding diaryl/α,β-unsaturated/α-hetero) is 1. The van der Waals surface area contributed by atoms with E-state index in [2.05, 4.69) is 0 Å². The molecule has 0 amide bonds. The van der Waals surface area contributed by atoms with E-state index in [0.717, 1.165) is 0 Å². The van der Waals surface area contributed by atoms with Crippen molar-refractivity contribution in [1.29, 1.82) is 0 Å². The number of rotatable bonds is 11. The SMILES string of the molecule is CC[C@H]1OC(=O)[C@H](C)[C@@H](O[C@H]2C[C@@](C)(OC)[C@@H](O)[C@H](C)O2)[C@H](C)[C@@H](O[C@@H]2O[C@H](C)C[C@H](N(C)CCCC(C)=O)[C@H]2O)[C@](C)(O)C[C@@H](C)CN(C)[C@H](C)[C@@H](O)[C@]1(C)O. The van der Waals surface area contributed by atoms with Crippen molar-refractivity contribution >= 4 is 11.8 Å². The molecule has 0 aromatic heterocycles. The smallest absolute Gasteiger partial charge is 0.311 e. The Balaban J connectivity index is 2.15. The maximum absolute atomic E-state index is 14.3. The van der Waals surface area contributed by atoms with Crippen molar-refractivity contribution in [3.63, 3.8) is 0 Å². The van der Waals surface area contributed by atoms with Gasteiger partial charge in [0.05, 0.1) is 41.5 Å². The number of cyclic esters (lactones) is 1. The molecule has 3 aliphatic heterocycles. The Morgan fingerprint density at radius 1 is 0.982 bits per heavy atom. The highest BCUT2D eigenvalue weighted by atomic mass is 16.7. The summed E-state index contributed by atoms with van der Waals surface area (Å²) in [6.45, 7) is 20.1. The van der Waals surface area contributed by atoms with Crippen LogP contribution in [0.1, 0.15) is 115 Å². The number of aliphatic hydroxyl groups is 5. The molecule has 0 aromatic carbocycles. The van der Waals surface area contributed by atoms with E-state index in [1.807, 2.05) is 44.7 Å². The normalized spacial score (nSPS) is 46.2. The van der Waals surface area contributed by atoms with Crippen LogP contribution in [0.15, 0.2) is 0 Å². The van der Waals surface area contributed by atoms with Crippen molar-refractivity contribution in [2.24, 2.45) is 17.8 Å². The Bertz CT molecular complexity index is 1290. The molecule has 0 radical (unpaired) electrons. The van der Waals surface area contributed by atoms with Crippen molar-refractivity contribution in [1.82, 2.24) is 9.80 Å². The van der Waals surface area contributed by atoms with Gasteiger partial charge in [-0.15, -0.1) is 0 Å². The van der Waals surface area contributed by atoms with Gasteiger partial charge in [0.1, 0.15) is 35.8 Å². The van der Waals surface area contributed by atoms with Gasteiger partial charge >= 0.3 is 5.97 Å². The molecule has 0 unspecified atom stereocenters. The minimum absolute atomic E-state index is 0.0961. The average Bonchev–Trinajstić information content (AvgIpc) is 3.12. The Morgan fingerprint density at radius 2 is 1.61 bits per heavy atom. The van der Waals surface area contributed by atoms with E-state index in [4.69, 9.17) is 28.4 Å². The van der Waals surface area contributed by atoms with E-state index in [9.17, 15) is 35.1 Å². The van der Waals surface area contributed by atoms with Crippen molar-refractivity contribution in [2.45, 2.75) is 205 Å². The fraction of sp³-hybridized carbons (Fsp3) is 0.952. The topological polar surface area (TPSA) is 197 Å². The van der Waals surface area contributed by atoms with Crippen LogP contribution in [-0.4, -0.2) is 172 Å². The van der Waals surface area contributed by atoms with Crippen molar-refractivity contribution < 1.29 is 63.5 Å². The molecular weight excluding hydrogens is 740 g/mol. The summed E-state index contributed by atoms with van der Waals surface area (Å²) in [5.41, 5.74) is -4.47. The Labute approximate surface area is 341 Å². The van der Waals surface area contributed by atoms with Crippen molar-refractivity contribution in [3.8, 4) is 0 Å². The van der Waals surface area contributed by atoms with Crippen molar-refractivity contribution in [3.05, 3.63) is 0 Å². The van der Waals surface area contributed by atoms with Crippen molar-refractivity contribution in [2.75, 3.05) is 34.3 Å². The molecule has 5 N–H and O–H groups in total. The van der Waals surface area contributed by atoms with Crippen LogP contribution in [-0.2, 0) is 38.0 Å². The number of esters is 1. The van der Waals surface area contributed by atoms with Gasteiger partial charge in [-0.25, -0.2) is 0 Å². The third-order valence-corrected chi connectivity index (χ3v) is 13.2. The number of nitrogens with zero attached hydrogens (tertiary/aromatic N) is 2. The lowest BCUT2D eigenvalue weighted by Gasteiger charge is -2.49. The number of likely N-dealkylation sites (N-methyl/N-ethyl adjacent to an activating group) is 2. The van der Waals surface area contributed by atoms with E-state index >= 15 is 0 Å². The van der Waals surface area contributed by atoms with Crippen LogP contribution >= 0.6 is 0 Å². The lowest BCUT2D eigenvalue weighted by molar-refractivity contribution is -0.318. The predicted octanol–water partition coefficient (Wildman–Crippen LogP) is 2.64. The van der Waals surface area contributed by atoms with E-state index < -0.39 is 96.0 Å². The summed E-state index contributed by atoms with van der Waals surface area (Å²) in [6, 6.07) is -0.930. The molecule has 0 aliphatic carbocycles. The van der Waals surface area contributed by atoms with Gasteiger partial charge in [-0.3, -0.25) is 4.79 Å². The molecule has 334 valence electrons. The average molecular weight is 819 g/mol. The molecule has 0 bridgehead atoms. The van der Waals surface area contributed by atoms with Gasteiger partial charge < -0.3 is 68.5 Å². The predicted molar refractivity (Wildman–Crippen MR) is 213 cm³/mol. The summed E-state index contributed by atoms with van der Waals surface area (Å²) in [4.78, 5) is 29.9. The third-order valence-electron chi connectivity index (χ3n) is 13.2. The number of carbonyl (C=O) groups excluding carboxylic acids is 2. The monoisotopic (exact) mass is 819 g/mol. The second kappa shape index (κ2) is 20.5. The van der Waals surface area contributed by atoms with Crippen LogP contribution in [0.5, 0.6) is 0 Å². The van der Waals surface area contributed by atoms with Gasteiger partial charge in [-0.1, -0.05) is 20.8 Å². The maximum Gasteiger partial charge on any atom is 0.311 e. The van der Waals surface area contributed by atoms with Crippen LogP contribution in [0.4, 0.5) is 0 Å². The summed E-state index contributed by atoms with van der Waals surface area (Å²) >= 11 is 0. The quantitative estimate of drug-likeness (QED) is 0.191. The first-order valence-corrected chi connectivity index (χ1v) is 21.1. The molecule has 15 heteroatoms. The highest BCUT2D eigenvalue weighted by Crippen LogP contribution is 2.40. The van der Waals surface area contributed by atoms with E-state index in [1.54, 1.807) is 48.5 Å². The fourth-order valence-corrected chi connectivity index (χ4v) is 9.40. The molecule has 0 aromatic rings. The van der Waals surface area contributed by atoms with Crippen LogP contribution < -0.4 is 0 Å². The number of methoxy groups -OCH3 is 1. The Kier molecular flexibility index (Phi) is 18.0. The number of hydrogen-bond acceptors (Lipinski definition) is 15. The Morgan fingerprint density at radius 3 is 2.19 bits per heavy atom. The van der Waals surface area contributed by atoms with E-state index in [1.165, 1.54) is 14.0 Å². The van der Waals surface area contributed by atoms with Gasteiger partial charge in [0.15, 0.2) is 12.6 Å². The minimum atomic E-state index is -1.82. The summed E-state index contributed by atoms with van der Waals surface area (Å²) < 4.78 is 37.8. The standard InChI is InChI=1S/C42H78N2O13/c1-15-31-42(11,51)35(47)28(7)44(13)22-23(2)20-40(9,50)37(57-39-33(46)30(19-25(4)53-39)43(12)18-16-17-24(3)45)26(5)34(27(6)38(49)55-31)56-32-21-41(10,52-14)36(48)29(8)54-32/h23,25-37,39,46-48,50-51H,15-22H2,1-14H3/t23-,25-,26+,27-,28-,29+,30+,31-,32+,33-,34+,35-,36+,37-,39+,40-,41-,42-/m1/s1. The van der Waals surface area contributed by atoms with Gasteiger partial charge in [0, 0.05) is 44.5 Å². The zero-order chi connectivity index (χ0) is 43.4. The van der Waals surface area contributed by atoms with Crippen LogP contribution in [0.2, 0.25) is 0 Å². The molecule has 3 rings (SSSR count). The summed E-state index contributed by atoms with van der Waals surface area (Å²) in [5, 5.41) is 58.8. The number of aliphatic hydroxyl groups excluding tert-OH is 3. The van der Waals surface area contributed by atoms with Gasteiger partial charge in [0.25, 0.3) is 0 Å². The van der Waals surface area contributed by atoms with Crippen LogP contribution in [0.25, 0.3) is 0 Å². The zero-order valence-corrected chi connectivity index (χ0v) is 37.2. The first kappa shape index (κ1) is 50.0. The van der Waals surface area contributed by atoms with E-state index in [0.29, 0.717) is 32.4 Å². The van der Waals surface area contributed by atoms with Crippen LogP contribution in [0, 0.1) is 17.8 Å². The largest absolute Gasteiger partial charge is 0.459 e. The van der Waals surface area contributed by atoms with Crippen LogP contribution in [0.3, 0.4) is 0 Å². The molecule has 0 saturated carbocycles. The van der Waals surface area contributed by atoms with Gasteiger partial charge in [-0.05, 0) is 108 Å². The molecule has 15 nitrogen and oxygen atoms in total. The maximum atomic E-state index is 14.3. The highest BCUT2D eigenvalue weighted by Gasteiger charge is 2.52. The van der Waals surface area contributed by atoms with Gasteiger partial charge in [-0.2, -0.15) is 0 Å². The summed E-state index contributed by atoms with van der Waals surface area (Å²) in [6.07, 6.45) is -7.69. The second-order valence-corrected chi connectivity index (χ2v) is 18.5. The van der Waals surface area contributed by atoms with E-state index in [-0.39, 0.29) is 43.1 Å². The number of carbonyl (C=O) groups is 2. The summed E-state index contributed by atoms with van der Waals surface area (Å²) in [7, 11) is 5.23. The minimum Gasteiger partial charge on any atom is -0.459 e. The zero-order valence-electron chi connectivity index (χ0n) is 37.2.